The first kappa shape index (κ1) is 14.8. The third-order valence-corrected chi connectivity index (χ3v) is 3.84. The van der Waals surface area contributed by atoms with Crippen molar-refractivity contribution in [2.24, 2.45) is 5.92 Å². The predicted molar refractivity (Wildman–Crippen MR) is 74.7 cm³/mol. The number of amides is 1. The van der Waals surface area contributed by atoms with Crippen molar-refractivity contribution < 1.29 is 14.7 Å². The Balaban J connectivity index is 2.09. The zero-order valence-electron chi connectivity index (χ0n) is 11.0. The topological polar surface area (TPSA) is 79.3 Å². The first-order valence-electron chi connectivity index (χ1n) is 6.73. The molecule has 1 aromatic rings. The Kier molecular flexibility index (Phi) is 4.95. The number of aliphatic carboxylic acids is 1. The molecule has 1 aliphatic carbocycles. The molecule has 5 nitrogen and oxygen atoms in total. The van der Waals surface area contributed by atoms with E-state index in [4.69, 9.17) is 11.6 Å². The lowest BCUT2D eigenvalue weighted by molar-refractivity contribution is -0.142. The van der Waals surface area contributed by atoms with Crippen molar-refractivity contribution in [2.45, 2.75) is 38.1 Å². The van der Waals surface area contributed by atoms with Crippen LogP contribution in [0.5, 0.6) is 0 Å². The average Bonchev–Trinajstić information content (AvgIpc) is 2.64. The lowest BCUT2D eigenvalue weighted by atomic mass is 9.95. The molecule has 0 bridgehead atoms. The summed E-state index contributed by atoms with van der Waals surface area (Å²) in [5.74, 6) is -1.75. The highest BCUT2D eigenvalue weighted by atomic mass is 35.5. The smallest absolute Gasteiger partial charge is 0.308 e. The van der Waals surface area contributed by atoms with Crippen LogP contribution in [0.4, 0.5) is 0 Å². The molecule has 2 atom stereocenters. The van der Waals surface area contributed by atoms with Gasteiger partial charge in [0.1, 0.15) is 5.69 Å². The number of rotatable bonds is 3. The van der Waals surface area contributed by atoms with Crippen LogP contribution in [-0.4, -0.2) is 28.0 Å². The summed E-state index contributed by atoms with van der Waals surface area (Å²) in [5.41, 5.74) is 0.214. The van der Waals surface area contributed by atoms with E-state index in [0.717, 1.165) is 19.3 Å². The number of aromatic nitrogens is 1. The molecule has 1 aliphatic rings. The maximum Gasteiger partial charge on any atom is 0.308 e. The van der Waals surface area contributed by atoms with Gasteiger partial charge in [-0.3, -0.25) is 14.6 Å². The molecule has 1 aromatic heterocycles. The van der Waals surface area contributed by atoms with E-state index < -0.39 is 11.9 Å². The zero-order valence-corrected chi connectivity index (χ0v) is 11.8. The summed E-state index contributed by atoms with van der Waals surface area (Å²) >= 11 is 5.82. The third kappa shape index (κ3) is 3.70. The van der Waals surface area contributed by atoms with Crippen LogP contribution in [0.15, 0.2) is 18.3 Å². The normalized spacial score (nSPS) is 22.9. The van der Waals surface area contributed by atoms with Crippen LogP contribution < -0.4 is 5.32 Å². The fourth-order valence-corrected chi connectivity index (χ4v) is 2.71. The van der Waals surface area contributed by atoms with Gasteiger partial charge < -0.3 is 10.4 Å². The molecular formula is C14H17ClN2O3. The van der Waals surface area contributed by atoms with E-state index >= 15 is 0 Å². The molecule has 0 saturated heterocycles. The Morgan fingerprint density at radius 3 is 2.75 bits per heavy atom. The molecule has 0 aromatic carbocycles. The molecule has 2 rings (SSSR count). The van der Waals surface area contributed by atoms with Gasteiger partial charge in [0.05, 0.1) is 5.92 Å². The van der Waals surface area contributed by atoms with Crippen molar-refractivity contribution >= 4 is 23.5 Å². The Hall–Kier alpha value is -1.62. The fraction of sp³-hybridized carbons (Fsp3) is 0.500. The van der Waals surface area contributed by atoms with Crippen molar-refractivity contribution in [3.8, 4) is 0 Å². The van der Waals surface area contributed by atoms with Gasteiger partial charge in [0.15, 0.2) is 0 Å². The summed E-state index contributed by atoms with van der Waals surface area (Å²) in [7, 11) is 0. The van der Waals surface area contributed by atoms with E-state index in [2.05, 4.69) is 10.3 Å². The number of hydrogen-bond acceptors (Lipinski definition) is 3. The van der Waals surface area contributed by atoms with Crippen LogP contribution in [0, 0.1) is 5.92 Å². The Labute approximate surface area is 122 Å². The van der Waals surface area contributed by atoms with Crippen LogP contribution in [0.2, 0.25) is 5.02 Å². The molecule has 20 heavy (non-hydrogen) atoms. The van der Waals surface area contributed by atoms with Crippen molar-refractivity contribution in [3.63, 3.8) is 0 Å². The maximum atomic E-state index is 12.1. The molecule has 0 aliphatic heterocycles. The second kappa shape index (κ2) is 6.70. The third-order valence-electron chi connectivity index (χ3n) is 3.60. The molecule has 0 radical (unpaired) electrons. The standard InChI is InChI=1S/C14H17ClN2O3/c15-9-6-7-16-12(8-9)13(18)17-11-5-3-1-2-4-10(11)14(19)20/h6-8,10-11H,1-5H2,(H,17,18)(H,19,20). The second-order valence-electron chi connectivity index (χ2n) is 5.02. The van der Waals surface area contributed by atoms with Gasteiger partial charge in [-0.25, -0.2) is 0 Å². The SMILES string of the molecule is O=C(NC1CCCCCC1C(=O)O)c1cc(Cl)ccn1. The predicted octanol–water partition coefficient (Wildman–Crippen LogP) is 2.50. The minimum atomic E-state index is -0.851. The number of carbonyl (C=O) groups is 2. The monoisotopic (exact) mass is 296 g/mol. The summed E-state index contributed by atoms with van der Waals surface area (Å²) in [6, 6.07) is 2.72. The van der Waals surface area contributed by atoms with Crippen molar-refractivity contribution in [1.29, 1.82) is 0 Å². The van der Waals surface area contributed by atoms with E-state index in [0.29, 0.717) is 17.9 Å². The largest absolute Gasteiger partial charge is 0.481 e. The first-order valence-corrected chi connectivity index (χ1v) is 7.11. The maximum absolute atomic E-state index is 12.1. The van der Waals surface area contributed by atoms with Gasteiger partial charge in [0.2, 0.25) is 0 Å². The molecule has 1 heterocycles. The lowest BCUT2D eigenvalue weighted by Gasteiger charge is -2.22. The van der Waals surface area contributed by atoms with Gasteiger partial charge in [-0.2, -0.15) is 0 Å². The molecule has 108 valence electrons. The molecule has 1 saturated carbocycles. The van der Waals surface area contributed by atoms with Crippen molar-refractivity contribution in [1.82, 2.24) is 10.3 Å². The van der Waals surface area contributed by atoms with Gasteiger partial charge in [0, 0.05) is 17.3 Å². The summed E-state index contributed by atoms with van der Waals surface area (Å²) < 4.78 is 0. The van der Waals surface area contributed by atoms with E-state index in [1.807, 2.05) is 0 Å². The minimum absolute atomic E-state index is 0.214. The second-order valence-corrected chi connectivity index (χ2v) is 5.46. The lowest BCUT2D eigenvalue weighted by Crippen LogP contribution is -2.43. The van der Waals surface area contributed by atoms with Gasteiger partial charge in [-0.15, -0.1) is 0 Å². The number of nitrogens with zero attached hydrogens (tertiary/aromatic N) is 1. The first-order chi connectivity index (χ1) is 9.58. The fourth-order valence-electron chi connectivity index (χ4n) is 2.55. The average molecular weight is 297 g/mol. The highest BCUT2D eigenvalue weighted by Gasteiger charge is 2.30. The highest BCUT2D eigenvalue weighted by molar-refractivity contribution is 6.30. The number of hydrogen-bond donors (Lipinski definition) is 2. The van der Waals surface area contributed by atoms with E-state index in [1.54, 1.807) is 6.07 Å². The molecule has 2 unspecified atom stereocenters. The summed E-state index contributed by atoms with van der Waals surface area (Å²) in [5, 5.41) is 12.5. The van der Waals surface area contributed by atoms with Gasteiger partial charge in [0.25, 0.3) is 5.91 Å². The minimum Gasteiger partial charge on any atom is -0.481 e. The van der Waals surface area contributed by atoms with Gasteiger partial charge in [-0.1, -0.05) is 30.9 Å². The van der Waals surface area contributed by atoms with Crippen LogP contribution >= 0.6 is 11.6 Å². The zero-order chi connectivity index (χ0) is 14.5. The van der Waals surface area contributed by atoms with Crippen molar-refractivity contribution in [2.75, 3.05) is 0 Å². The Bertz CT molecular complexity index is 507. The molecule has 6 heteroatoms. The molecule has 0 spiro atoms. The number of pyridine rings is 1. The highest BCUT2D eigenvalue weighted by Crippen LogP contribution is 2.24. The summed E-state index contributed by atoms with van der Waals surface area (Å²) in [4.78, 5) is 27.4. The van der Waals surface area contributed by atoms with E-state index in [1.165, 1.54) is 12.3 Å². The van der Waals surface area contributed by atoms with Gasteiger partial charge in [-0.05, 0) is 25.0 Å². The molecule has 1 amide bonds. The molecule has 2 N–H and O–H groups in total. The number of nitrogens with one attached hydrogen (secondary N) is 1. The molecular weight excluding hydrogens is 280 g/mol. The van der Waals surface area contributed by atoms with Crippen LogP contribution in [0.1, 0.15) is 42.6 Å². The van der Waals surface area contributed by atoms with Crippen LogP contribution in [0.3, 0.4) is 0 Å². The van der Waals surface area contributed by atoms with E-state index in [-0.39, 0.29) is 17.6 Å². The van der Waals surface area contributed by atoms with Crippen LogP contribution in [-0.2, 0) is 4.79 Å². The Morgan fingerprint density at radius 1 is 1.30 bits per heavy atom. The quantitative estimate of drug-likeness (QED) is 0.840. The summed E-state index contributed by atoms with van der Waals surface area (Å²) in [6.45, 7) is 0. The molecule has 1 fully saturated rings. The summed E-state index contributed by atoms with van der Waals surface area (Å²) in [6.07, 6.45) is 5.56. The van der Waals surface area contributed by atoms with Crippen molar-refractivity contribution in [3.05, 3.63) is 29.0 Å². The number of halogens is 1. The number of carboxylic acid groups (broad SMARTS) is 1. The van der Waals surface area contributed by atoms with Crippen LogP contribution in [0.25, 0.3) is 0 Å². The van der Waals surface area contributed by atoms with Gasteiger partial charge >= 0.3 is 5.97 Å². The number of carboxylic acids is 1. The number of carbonyl (C=O) groups excluding carboxylic acids is 1. The Morgan fingerprint density at radius 2 is 2.05 bits per heavy atom. The van der Waals surface area contributed by atoms with E-state index in [9.17, 15) is 14.7 Å².